The van der Waals surface area contributed by atoms with Gasteiger partial charge in [-0.05, 0) is 72.4 Å². The van der Waals surface area contributed by atoms with E-state index in [2.05, 4.69) is 47.0 Å². The molecule has 0 spiro atoms. The van der Waals surface area contributed by atoms with Gasteiger partial charge in [-0.1, -0.05) is 6.92 Å². The number of halogens is 1. The molecule has 3 N–H and O–H groups in total. The molecule has 0 saturated heterocycles. The lowest BCUT2D eigenvalue weighted by Crippen LogP contribution is -2.25. The highest BCUT2D eigenvalue weighted by Crippen LogP contribution is 2.28. The van der Waals surface area contributed by atoms with Crippen molar-refractivity contribution in [1.82, 2.24) is 0 Å². The van der Waals surface area contributed by atoms with Crippen LogP contribution in [-0.4, -0.2) is 6.04 Å². The third-order valence-corrected chi connectivity index (χ3v) is 4.06. The zero-order chi connectivity index (χ0) is 11.5. The maximum atomic E-state index is 6.00. The van der Waals surface area contributed by atoms with Crippen LogP contribution >= 0.6 is 22.6 Å². The molecule has 88 valence electrons. The number of nitrogens with one attached hydrogen (secondary N) is 1. The van der Waals surface area contributed by atoms with E-state index in [1.54, 1.807) is 0 Å². The van der Waals surface area contributed by atoms with Gasteiger partial charge in [-0.2, -0.15) is 0 Å². The van der Waals surface area contributed by atoms with Crippen LogP contribution in [0.5, 0.6) is 0 Å². The molecular formula is C13H19IN2. The molecule has 0 bridgehead atoms. The first-order chi connectivity index (χ1) is 7.65. The fourth-order valence-corrected chi connectivity index (χ4v) is 2.80. The van der Waals surface area contributed by atoms with Crippen molar-refractivity contribution in [3.8, 4) is 0 Å². The number of benzene rings is 1. The number of nitrogens with two attached hydrogens (primary N) is 1. The Morgan fingerprint density at radius 3 is 2.56 bits per heavy atom. The van der Waals surface area contributed by atoms with Crippen molar-refractivity contribution in [2.24, 2.45) is 5.92 Å². The lowest BCUT2D eigenvalue weighted by atomic mass is 9.87. The molecule has 16 heavy (non-hydrogen) atoms. The van der Waals surface area contributed by atoms with E-state index in [-0.39, 0.29) is 0 Å². The van der Waals surface area contributed by atoms with Crippen LogP contribution in [0.4, 0.5) is 11.4 Å². The van der Waals surface area contributed by atoms with Crippen molar-refractivity contribution in [3.63, 3.8) is 0 Å². The third-order valence-electron chi connectivity index (χ3n) is 3.39. The molecular weight excluding hydrogens is 311 g/mol. The van der Waals surface area contributed by atoms with Crippen LogP contribution in [0.3, 0.4) is 0 Å². The van der Waals surface area contributed by atoms with Gasteiger partial charge in [0.1, 0.15) is 0 Å². The summed E-state index contributed by atoms with van der Waals surface area (Å²) in [6.45, 7) is 2.34. The first kappa shape index (κ1) is 12.0. The number of rotatable bonds is 2. The number of nitrogen functional groups attached to an aromatic ring is 1. The standard InChI is InChI=1S/C13H19IN2/c1-9-2-5-11(6-3-9)16-13-7-4-10(14)8-12(13)15/h4,7-9,11,16H,2-3,5-6,15H2,1H3. The maximum Gasteiger partial charge on any atom is 0.0576 e. The second-order valence-corrected chi connectivity index (χ2v) is 6.08. The number of hydrogen-bond acceptors (Lipinski definition) is 2. The van der Waals surface area contributed by atoms with E-state index in [0.29, 0.717) is 6.04 Å². The van der Waals surface area contributed by atoms with Crippen molar-refractivity contribution in [1.29, 1.82) is 0 Å². The zero-order valence-corrected chi connectivity index (χ0v) is 11.8. The molecule has 3 heteroatoms. The van der Waals surface area contributed by atoms with Crippen molar-refractivity contribution in [3.05, 3.63) is 21.8 Å². The Kier molecular flexibility index (Phi) is 3.95. The molecule has 0 radical (unpaired) electrons. The second-order valence-electron chi connectivity index (χ2n) is 4.83. The summed E-state index contributed by atoms with van der Waals surface area (Å²) in [5, 5.41) is 3.57. The van der Waals surface area contributed by atoms with Crippen LogP contribution in [0.1, 0.15) is 32.6 Å². The molecule has 1 aromatic carbocycles. The van der Waals surface area contributed by atoms with E-state index < -0.39 is 0 Å². The molecule has 1 aliphatic carbocycles. The molecule has 0 aromatic heterocycles. The first-order valence-corrected chi connectivity index (χ1v) is 7.04. The zero-order valence-electron chi connectivity index (χ0n) is 9.67. The van der Waals surface area contributed by atoms with Gasteiger partial charge >= 0.3 is 0 Å². The van der Waals surface area contributed by atoms with Gasteiger partial charge in [0.05, 0.1) is 11.4 Å². The Bertz CT molecular complexity index is 357. The fourth-order valence-electron chi connectivity index (χ4n) is 2.29. The molecule has 1 aliphatic rings. The van der Waals surface area contributed by atoms with Crippen LogP contribution in [0.25, 0.3) is 0 Å². The predicted octanol–water partition coefficient (Wildman–Crippen LogP) is 3.86. The summed E-state index contributed by atoms with van der Waals surface area (Å²) in [6, 6.07) is 6.83. The molecule has 0 unspecified atom stereocenters. The topological polar surface area (TPSA) is 38.0 Å². The minimum Gasteiger partial charge on any atom is -0.397 e. The highest BCUT2D eigenvalue weighted by Gasteiger charge is 2.18. The number of hydrogen-bond donors (Lipinski definition) is 2. The van der Waals surface area contributed by atoms with Gasteiger partial charge in [-0.25, -0.2) is 0 Å². The van der Waals surface area contributed by atoms with Crippen LogP contribution in [0.2, 0.25) is 0 Å². The van der Waals surface area contributed by atoms with Gasteiger partial charge in [0.25, 0.3) is 0 Å². The van der Waals surface area contributed by atoms with E-state index in [4.69, 9.17) is 5.73 Å². The van der Waals surface area contributed by atoms with E-state index in [9.17, 15) is 0 Å². The summed E-state index contributed by atoms with van der Waals surface area (Å²) < 4.78 is 1.19. The minimum absolute atomic E-state index is 0.610. The smallest absolute Gasteiger partial charge is 0.0576 e. The van der Waals surface area contributed by atoms with Gasteiger partial charge < -0.3 is 11.1 Å². The Morgan fingerprint density at radius 1 is 1.25 bits per heavy atom. The predicted molar refractivity (Wildman–Crippen MR) is 78.6 cm³/mol. The van der Waals surface area contributed by atoms with E-state index in [0.717, 1.165) is 17.3 Å². The van der Waals surface area contributed by atoms with Gasteiger partial charge in [-0.15, -0.1) is 0 Å². The van der Waals surface area contributed by atoms with Crippen molar-refractivity contribution >= 4 is 34.0 Å². The first-order valence-electron chi connectivity index (χ1n) is 5.96. The Balaban J connectivity index is 1.98. The normalized spacial score (nSPS) is 25.4. The van der Waals surface area contributed by atoms with Gasteiger partial charge in [0.2, 0.25) is 0 Å². The number of anilines is 2. The minimum atomic E-state index is 0.610. The molecule has 0 amide bonds. The van der Waals surface area contributed by atoms with Gasteiger partial charge in [0.15, 0.2) is 0 Å². The molecule has 2 nitrogen and oxygen atoms in total. The molecule has 0 atom stereocenters. The molecule has 1 fully saturated rings. The molecule has 0 aliphatic heterocycles. The highest BCUT2D eigenvalue weighted by atomic mass is 127. The summed E-state index contributed by atoms with van der Waals surface area (Å²) in [4.78, 5) is 0. The summed E-state index contributed by atoms with van der Waals surface area (Å²) in [5.41, 5.74) is 7.96. The van der Waals surface area contributed by atoms with Crippen LogP contribution in [0.15, 0.2) is 18.2 Å². The van der Waals surface area contributed by atoms with Gasteiger partial charge in [-0.3, -0.25) is 0 Å². The van der Waals surface area contributed by atoms with Crippen molar-refractivity contribution in [2.75, 3.05) is 11.1 Å². The van der Waals surface area contributed by atoms with Crippen molar-refractivity contribution in [2.45, 2.75) is 38.6 Å². The monoisotopic (exact) mass is 330 g/mol. The molecule has 1 aromatic rings. The van der Waals surface area contributed by atoms with Crippen LogP contribution in [-0.2, 0) is 0 Å². The van der Waals surface area contributed by atoms with E-state index in [1.165, 1.54) is 29.3 Å². The summed E-state index contributed by atoms with van der Waals surface area (Å²) in [7, 11) is 0. The largest absolute Gasteiger partial charge is 0.397 e. The lowest BCUT2D eigenvalue weighted by molar-refractivity contribution is 0.361. The molecule has 2 rings (SSSR count). The Labute approximate surface area is 111 Å². The SMILES string of the molecule is CC1CCC(Nc2ccc(I)cc2N)CC1. The summed E-state index contributed by atoms with van der Waals surface area (Å²) >= 11 is 2.29. The third kappa shape index (κ3) is 3.03. The quantitative estimate of drug-likeness (QED) is 0.638. The average molecular weight is 330 g/mol. The van der Waals surface area contributed by atoms with Crippen LogP contribution in [0, 0.1) is 9.49 Å². The van der Waals surface area contributed by atoms with Crippen molar-refractivity contribution < 1.29 is 0 Å². The summed E-state index contributed by atoms with van der Waals surface area (Å²) in [5.74, 6) is 0.895. The lowest BCUT2D eigenvalue weighted by Gasteiger charge is -2.28. The Morgan fingerprint density at radius 2 is 1.94 bits per heavy atom. The Hall–Kier alpha value is -0.450. The second kappa shape index (κ2) is 5.25. The van der Waals surface area contributed by atoms with E-state index >= 15 is 0 Å². The summed E-state index contributed by atoms with van der Waals surface area (Å²) in [6.07, 6.45) is 5.21. The highest BCUT2D eigenvalue weighted by molar-refractivity contribution is 14.1. The molecule has 0 heterocycles. The van der Waals surface area contributed by atoms with Crippen LogP contribution < -0.4 is 11.1 Å². The maximum absolute atomic E-state index is 6.00. The average Bonchev–Trinajstić information content (AvgIpc) is 2.25. The fraction of sp³-hybridized carbons (Fsp3) is 0.538. The van der Waals surface area contributed by atoms with Gasteiger partial charge in [0, 0.05) is 9.61 Å². The van der Waals surface area contributed by atoms with E-state index in [1.807, 2.05) is 6.07 Å². The molecule has 1 saturated carbocycles.